The lowest BCUT2D eigenvalue weighted by atomic mass is 10.4. The highest BCUT2D eigenvalue weighted by Crippen LogP contribution is 2.06. The summed E-state index contributed by atoms with van der Waals surface area (Å²) in [6, 6.07) is 1.46. The standard InChI is InChI=1S/C4H12OSi2/c6-7-4-2-1-3-5-7/h7H,1-4H2,6H3. The van der Waals surface area contributed by atoms with Gasteiger partial charge in [0.05, 0.1) is 0 Å². The SMILES string of the molecule is [SiH3][SiH]1CCCCO1. The molecule has 0 spiro atoms. The van der Waals surface area contributed by atoms with E-state index in [2.05, 4.69) is 0 Å². The van der Waals surface area contributed by atoms with Gasteiger partial charge in [-0.25, -0.2) is 0 Å². The molecule has 1 saturated heterocycles. The van der Waals surface area contributed by atoms with Crippen LogP contribution in [0.25, 0.3) is 0 Å². The van der Waals surface area contributed by atoms with E-state index in [-0.39, 0.29) is 0 Å². The molecule has 1 atom stereocenters. The van der Waals surface area contributed by atoms with Gasteiger partial charge in [-0.1, -0.05) is 6.42 Å². The smallest absolute Gasteiger partial charge is 0.154 e. The maximum Gasteiger partial charge on any atom is 0.154 e. The maximum absolute atomic E-state index is 5.48. The molecule has 3 heteroatoms. The summed E-state index contributed by atoms with van der Waals surface area (Å²) in [5.41, 5.74) is 0. The van der Waals surface area contributed by atoms with Crippen molar-refractivity contribution in [2.75, 3.05) is 6.61 Å². The molecule has 1 rings (SSSR count). The van der Waals surface area contributed by atoms with Gasteiger partial charge < -0.3 is 4.43 Å². The monoisotopic (exact) mass is 132 g/mol. The molecular weight excluding hydrogens is 120 g/mol. The zero-order valence-corrected chi connectivity index (χ0v) is 7.97. The average Bonchev–Trinajstić information content (AvgIpc) is 1.69. The van der Waals surface area contributed by atoms with Gasteiger partial charge in [-0.3, -0.25) is 0 Å². The maximum atomic E-state index is 5.48. The molecule has 1 unspecified atom stereocenters. The molecular formula is C4H12OSi2. The Labute approximate surface area is 49.0 Å². The van der Waals surface area contributed by atoms with Gasteiger partial charge >= 0.3 is 0 Å². The van der Waals surface area contributed by atoms with Crippen molar-refractivity contribution >= 4 is 18.3 Å². The minimum absolute atomic E-state index is 0.456. The molecule has 1 nitrogen and oxygen atoms in total. The van der Waals surface area contributed by atoms with Crippen molar-refractivity contribution in [3.05, 3.63) is 0 Å². The quantitative estimate of drug-likeness (QED) is 0.399. The lowest BCUT2D eigenvalue weighted by Crippen LogP contribution is -2.23. The Hall–Kier alpha value is 0.394. The summed E-state index contributed by atoms with van der Waals surface area (Å²) >= 11 is 0. The highest BCUT2D eigenvalue weighted by Gasteiger charge is 2.07. The van der Waals surface area contributed by atoms with E-state index < -0.39 is 8.56 Å². The molecule has 0 bridgehead atoms. The first-order chi connectivity index (χ1) is 3.39. The zero-order valence-electron chi connectivity index (χ0n) is 4.81. The van der Waals surface area contributed by atoms with Crippen LogP contribution in [0.1, 0.15) is 12.8 Å². The lowest BCUT2D eigenvalue weighted by Gasteiger charge is -2.16. The van der Waals surface area contributed by atoms with Gasteiger partial charge in [0, 0.05) is 16.4 Å². The van der Waals surface area contributed by atoms with Crippen molar-refractivity contribution in [2.24, 2.45) is 0 Å². The predicted molar refractivity (Wildman–Crippen MR) is 37.1 cm³/mol. The van der Waals surface area contributed by atoms with Crippen molar-refractivity contribution in [1.29, 1.82) is 0 Å². The van der Waals surface area contributed by atoms with Crippen LogP contribution >= 0.6 is 0 Å². The molecule has 0 aromatic heterocycles. The second-order valence-electron chi connectivity index (χ2n) is 2.18. The second-order valence-corrected chi connectivity index (χ2v) is 8.57. The van der Waals surface area contributed by atoms with Crippen molar-refractivity contribution in [1.82, 2.24) is 0 Å². The minimum Gasteiger partial charge on any atom is -0.424 e. The highest BCUT2D eigenvalue weighted by atomic mass is 29.2. The lowest BCUT2D eigenvalue weighted by molar-refractivity contribution is 0.298. The van der Waals surface area contributed by atoms with Crippen molar-refractivity contribution < 1.29 is 4.43 Å². The van der Waals surface area contributed by atoms with Gasteiger partial charge in [0.15, 0.2) is 8.56 Å². The molecule has 42 valence electrons. The summed E-state index contributed by atoms with van der Waals surface area (Å²) in [7, 11) is 0.912. The molecule has 0 aromatic carbocycles. The topological polar surface area (TPSA) is 9.23 Å². The summed E-state index contributed by atoms with van der Waals surface area (Å²) < 4.78 is 5.48. The van der Waals surface area contributed by atoms with E-state index in [0.29, 0.717) is 0 Å². The third-order valence-electron chi connectivity index (χ3n) is 1.41. The van der Waals surface area contributed by atoms with Crippen LogP contribution < -0.4 is 0 Å². The molecule has 1 fully saturated rings. The molecule has 1 aliphatic rings. The van der Waals surface area contributed by atoms with E-state index in [9.17, 15) is 0 Å². The molecule has 7 heavy (non-hydrogen) atoms. The van der Waals surface area contributed by atoms with Gasteiger partial charge in [0.25, 0.3) is 0 Å². The van der Waals surface area contributed by atoms with Crippen LogP contribution in [0.4, 0.5) is 0 Å². The number of hydrogen-bond donors (Lipinski definition) is 0. The number of rotatable bonds is 0. The van der Waals surface area contributed by atoms with E-state index in [0.717, 1.165) is 6.61 Å². The van der Waals surface area contributed by atoms with Gasteiger partial charge in [-0.15, -0.1) is 0 Å². The van der Waals surface area contributed by atoms with Crippen molar-refractivity contribution in [3.63, 3.8) is 0 Å². The summed E-state index contributed by atoms with van der Waals surface area (Å²) in [6.07, 6.45) is 2.78. The van der Waals surface area contributed by atoms with Crippen LogP contribution in [0.5, 0.6) is 0 Å². The van der Waals surface area contributed by atoms with E-state index in [1.807, 2.05) is 0 Å². The largest absolute Gasteiger partial charge is 0.424 e. The fraction of sp³-hybridized carbons (Fsp3) is 1.00. The summed E-state index contributed by atoms with van der Waals surface area (Å²) in [6.45, 7) is 1.08. The average molecular weight is 132 g/mol. The van der Waals surface area contributed by atoms with Gasteiger partial charge in [0.1, 0.15) is 0 Å². The molecule has 1 heterocycles. The van der Waals surface area contributed by atoms with Crippen LogP contribution in [0.2, 0.25) is 6.04 Å². The van der Waals surface area contributed by atoms with E-state index >= 15 is 0 Å². The Morgan fingerprint density at radius 2 is 2.29 bits per heavy atom. The Morgan fingerprint density at radius 1 is 1.43 bits per heavy atom. The van der Waals surface area contributed by atoms with Gasteiger partial charge in [-0.2, -0.15) is 0 Å². The number of hydrogen-bond acceptors (Lipinski definition) is 1. The van der Waals surface area contributed by atoms with Crippen LogP contribution in [-0.2, 0) is 4.43 Å². The summed E-state index contributed by atoms with van der Waals surface area (Å²) in [5, 5.41) is 0. The highest BCUT2D eigenvalue weighted by molar-refractivity contribution is 6.99. The third-order valence-corrected chi connectivity index (χ3v) is 6.17. The molecule has 0 amide bonds. The Bertz CT molecular complexity index is 51.7. The van der Waals surface area contributed by atoms with Crippen LogP contribution in [0.15, 0.2) is 0 Å². The van der Waals surface area contributed by atoms with E-state index in [1.54, 1.807) is 0 Å². The summed E-state index contributed by atoms with van der Waals surface area (Å²) in [5.74, 6) is 0. The van der Waals surface area contributed by atoms with E-state index in [1.165, 1.54) is 28.6 Å². The Morgan fingerprint density at radius 3 is 2.57 bits per heavy atom. The van der Waals surface area contributed by atoms with Crippen LogP contribution in [-0.4, -0.2) is 24.9 Å². The van der Waals surface area contributed by atoms with Crippen molar-refractivity contribution in [3.8, 4) is 0 Å². The second kappa shape index (κ2) is 2.64. The van der Waals surface area contributed by atoms with Crippen LogP contribution in [0, 0.1) is 0 Å². The molecule has 0 aromatic rings. The zero-order chi connectivity index (χ0) is 5.11. The first-order valence-corrected chi connectivity index (χ1v) is 8.92. The van der Waals surface area contributed by atoms with E-state index in [4.69, 9.17) is 4.43 Å². The van der Waals surface area contributed by atoms with Crippen molar-refractivity contribution in [2.45, 2.75) is 18.9 Å². The Balaban J connectivity index is 2.12. The Kier molecular flexibility index (Phi) is 2.09. The molecule has 0 radical (unpaired) electrons. The molecule has 1 aliphatic heterocycles. The molecule has 0 aliphatic carbocycles. The normalized spacial score (nSPS) is 33.4. The first-order valence-electron chi connectivity index (χ1n) is 3.01. The minimum atomic E-state index is -0.456. The van der Waals surface area contributed by atoms with Gasteiger partial charge in [-0.05, 0) is 12.5 Å². The fourth-order valence-corrected chi connectivity index (χ4v) is 4.43. The first kappa shape index (κ1) is 5.53. The van der Waals surface area contributed by atoms with Gasteiger partial charge in [0.2, 0.25) is 0 Å². The molecule has 0 saturated carbocycles. The third kappa shape index (κ3) is 1.75. The predicted octanol–water partition coefficient (Wildman–Crippen LogP) is -0.617. The summed E-state index contributed by atoms with van der Waals surface area (Å²) in [4.78, 5) is 0. The van der Waals surface area contributed by atoms with Crippen LogP contribution in [0.3, 0.4) is 0 Å². The fourth-order valence-electron chi connectivity index (χ4n) is 0.902. The molecule has 0 N–H and O–H groups in total.